The minimum absolute atomic E-state index is 0.144. The van der Waals surface area contributed by atoms with E-state index in [0.29, 0.717) is 11.4 Å². The number of hydrogen-bond acceptors (Lipinski definition) is 2. The normalized spacial score (nSPS) is 10.6. The number of thiophene rings is 1. The number of Topliss-reactive ketones (excluding diaryl/α,β-unsaturated/α-hetero) is 1. The van der Waals surface area contributed by atoms with Crippen LogP contribution in [0.3, 0.4) is 0 Å². The molecule has 0 bridgehead atoms. The Labute approximate surface area is 139 Å². The van der Waals surface area contributed by atoms with Crippen molar-refractivity contribution in [1.82, 2.24) is 0 Å². The number of rotatable bonds is 4. The van der Waals surface area contributed by atoms with E-state index in [-0.39, 0.29) is 5.78 Å². The van der Waals surface area contributed by atoms with Crippen molar-refractivity contribution in [3.63, 3.8) is 0 Å². The van der Waals surface area contributed by atoms with E-state index in [1.54, 1.807) is 11.3 Å². The van der Waals surface area contributed by atoms with Gasteiger partial charge in [0.15, 0.2) is 5.78 Å². The first kappa shape index (κ1) is 15.0. The first-order valence-corrected chi connectivity index (χ1v) is 8.26. The quantitative estimate of drug-likeness (QED) is 0.553. The predicted octanol–water partition coefficient (Wildman–Crippen LogP) is 5.80. The SMILES string of the molecule is Cc1ccc(-c2ccc(C(=O)Cc3ccc(Cl)cc3)s2)cc1. The largest absolute Gasteiger partial charge is 0.293 e. The zero-order chi connectivity index (χ0) is 15.5. The fourth-order valence-electron chi connectivity index (χ4n) is 2.24. The Balaban J connectivity index is 1.76. The van der Waals surface area contributed by atoms with Gasteiger partial charge in [0.05, 0.1) is 4.88 Å². The summed E-state index contributed by atoms with van der Waals surface area (Å²) in [5.74, 6) is 0.144. The van der Waals surface area contributed by atoms with E-state index in [4.69, 9.17) is 11.6 Å². The minimum atomic E-state index is 0.144. The highest BCUT2D eigenvalue weighted by Gasteiger charge is 2.11. The molecule has 0 unspecified atom stereocenters. The number of ketones is 1. The molecule has 1 nitrogen and oxygen atoms in total. The molecule has 0 atom stereocenters. The average molecular weight is 327 g/mol. The molecule has 0 amide bonds. The van der Waals surface area contributed by atoms with Gasteiger partial charge in [0, 0.05) is 16.3 Å². The number of benzene rings is 2. The van der Waals surface area contributed by atoms with Gasteiger partial charge in [-0.2, -0.15) is 0 Å². The molecule has 2 aromatic carbocycles. The van der Waals surface area contributed by atoms with Crippen LogP contribution in [-0.2, 0) is 6.42 Å². The molecule has 0 aliphatic heterocycles. The predicted molar refractivity (Wildman–Crippen MR) is 94.0 cm³/mol. The van der Waals surface area contributed by atoms with Crippen LogP contribution in [0, 0.1) is 6.92 Å². The molecule has 0 saturated heterocycles. The Morgan fingerprint density at radius 2 is 1.64 bits per heavy atom. The summed E-state index contributed by atoms with van der Waals surface area (Å²) in [5, 5.41) is 0.689. The average Bonchev–Trinajstić information content (AvgIpc) is 3.00. The topological polar surface area (TPSA) is 17.1 Å². The monoisotopic (exact) mass is 326 g/mol. The van der Waals surface area contributed by atoms with Crippen LogP contribution in [-0.4, -0.2) is 5.78 Å². The zero-order valence-corrected chi connectivity index (χ0v) is 13.7. The van der Waals surface area contributed by atoms with Crippen molar-refractivity contribution in [2.45, 2.75) is 13.3 Å². The van der Waals surface area contributed by atoms with Crippen molar-refractivity contribution in [3.05, 3.63) is 81.7 Å². The number of carbonyl (C=O) groups excluding carboxylic acids is 1. The Morgan fingerprint density at radius 1 is 0.955 bits per heavy atom. The first-order valence-electron chi connectivity index (χ1n) is 7.06. The first-order chi connectivity index (χ1) is 10.6. The van der Waals surface area contributed by atoms with Crippen LogP contribution >= 0.6 is 22.9 Å². The van der Waals surface area contributed by atoms with Gasteiger partial charge in [-0.3, -0.25) is 4.79 Å². The van der Waals surface area contributed by atoms with Crippen molar-refractivity contribution in [3.8, 4) is 10.4 Å². The van der Waals surface area contributed by atoms with Crippen molar-refractivity contribution in [1.29, 1.82) is 0 Å². The molecule has 1 aromatic heterocycles. The maximum atomic E-state index is 12.4. The third-order valence-electron chi connectivity index (χ3n) is 3.49. The van der Waals surface area contributed by atoms with Gasteiger partial charge in [-0.15, -0.1) is 11.3 Å². The molecule has 0 radical (unpaired) electrons. The lowest BCUT2D eigenvalue weighted by atomic mass is 10.1. The second-order valence-corrected chi connectivity index (χ2v) is 6.78. The van der Waals surface area contributed by atoms with Crippen LogP contribution in [0.15, 0.2) is 60.7 Å². The summed E-state index contributed by atoms with van der Waals surface area (Å²) in [7, 11) is 0. The zero-order valence-electron chi connectivity index (χ0n) is 12.2. The summed E-state index contributed by atoms with van der Waals surface area (Å²) in [5.41, 5.74) is 3.38. The standard InChI is InChI=1S/C19H15ClOS/c1-13-2-6-15(7-3-13)18-10-11-19(22-18)17(21)12-14-4-8-16(20)9-5-14/h2-11H,12H2,1H3. The molecule has 3 aromatic rings. The summed E-state index contributed by atoms with van der Waals surface area (Å²) < 4.78 is 0. The lowest BCUT2D eigenvalue weighted by Crippen LogP contribution is -2.00. The highest BCUT2D eigenvalue weighted by atomic mass is 35.5. The molecule has 1 heterocycles. The molecule has 0 N–H and O–H groups in total. The molecule has 0 aliphatic rings. The molecule has 3 heteroatoms. The van der Waals surface area contributed by atoms with Gasteiger partial charge in [0.2, 0.25) is 0 Å². The molecule has 110 valence electrons. The van der Waals surface area contributed by atoms with Gasteiger partial charge in [-0.1, -0.05) is 53.6 Å². The molecule has 0 spiro atoms. The lowest BCUT2D eigenvalue weighted by molar-refractivity contribution is 0.0997. The highest BCUT2D eigenvalue weighted by Crippen LogP contribution is 2.29. The van der Waals surface area contributed by atoms with Crippen molar-refractivity contribution in [2.24, 2.45) is 0 Å². The molecule has 0 saturated carbocycles. The van der Waals surface area contributed by atoms with Crippen LogP contribution < -0.4 is 0 Å². The van der Waals surface area contributed by atoms with E-state index in [1.165, 1.54) is 5.56 Å². The number of halogens is 1. The van der Waals surface area contributed by atoms with E-state index in [9.17, 15) is 4.79 Å². The second-order valence-electron chi connectivity index (χ2n) is 5.26. The number of hydrogen-bond donors (Lipinski definition) is 0. The highest BCUT2D eigenvalue weighted by molar-refractivity contribution is 7.17. The lowest BCUT2D eigenvalue weighted by Gasteiger charge is -2.00. The number of carbonyl (C=O) groups is 1. The van der Waals surface area contributed by atoms with Gasteiger partial charge in [-0.05, 0) is 42.3 Å². The smallest absolute Gasteiger partial charge is 0.177 e. The minimum Gasteiger partial charge on any atom is -0.293 e. The molecule has 0 aliphatic carbocycles. The summed E-state index contributed by atoms with van der Waals surface area (Å²) in [6.07, 6.45) is 0.408. The Bertz CT molecular complexity index is 785. The van der Waals surface area contributed by atoms with E-state index in [1.807, 2.05) is 36.4 Å². The van der Waals surface area contributed by atoms with Crippen LogP contribution in [0.2, 0.25) is 5.02 Å². The van der Waals surface area contributed by atoms with Gasteiger partial charge in [0.25, 0.3) is 0 Å². The Morgan fingerprint density at radius 3 is 2.32 bits per heavy atom. The van der Waals surface area contributed by atoms with Crippen molar-refractivity contribution < 1.29 is 4.79 Å². The van der Waals surface area contributed by atoms with Crippen molar-refractivity contribution >= 4 is 28.7 Å². The van der Waals surface area contributed by atoms with Crippen molar-refractivity contribution in [2.75, 3.05) is 0 Å². The van der Waals surface area contributed by atoms with E-state index in [0.717, 1.165) is 20.9 Å². The van der Waals surface area contributed by atoms with Gasteiger partial charge >= 0.3 is 0 Å². The third-order valence-corrected chi connectivity index (χ3v) is 4.92. The molecule has 0 fully saturated rings. The van der Waals surface area contributed by atoms with E-state index >= 15 is 0 Å². The third kappa shape index (κ3) is 3.46. The maximum absolute atomic E-state index is 12.4. The molecule has 22 heavy (non-hydrogen) atoms. The summed E-state index contributed by atoms with van der Waals surface area (Å²) >= 11 is 7.41. The summed E-state index contributed by atoms with van der Waals surface area (Å²) in [6, 6.07) is 19.7. The van der Waals surface area contributed by atoms with Gasteiger partial charge in [-0.25, -0.2) is 0 Å². The van der Waals surface area contributed by atoms with Crippen LogP contribution in [0.1, 0.15) is 20.8 Å². The fourth-order valence-corrected chi connectivity index (χ4v) is 3.31. The number of aryl methyl sites for hydroxylation is 1. The summed E-state index contributed by atoms with van der Waals surface area (Å²) in [6.45, 7) is 2.07. The fraction of sp³-hybridized carbons (Fsp3) is 0.105. The van der Waals surface area contributed by atoms with Crippen LogP contribution in [0.5, 0.6) is 0 Å². The Kier molecular flexibility index (Phi) is 4.41. The van der Waals surface area contributed by atoms with Gasteiger partial charge in [0.1, 0.15) is 0 Å². The van der Waals surface area contributed by atoms with Gasteiger partial charge < -0.3 is 0 Å². The van der Waals surface area contributed by atoms with E-state index in [2.05, 4.69) is 31.2 Å². The van der Waals surface area contributed by atoms with E-state index < -0.39 is 0 Å². The molecular formula is C19H15ClOS. The molecule has 3 rings (SSSR count). The maximum Gasteiger partial charge on any atom is 0.177 e. The Hall–Kier alpha value is -1.90. The summed E-state index contributed by atoms with van der Waals surface area (Å²) in [4.78, 5) is 14.3. The second kappa shape index (κ2) is 6.47. The molecular weight excluding hydrogens is 312 g/mol. The van der Waals surface area contributed by atoms with Crippen LogP contribution in [0.25, 0.3) is 10.4 Å². The van der Waals surface area contributed by atoms with Crippen LogP contribution in [0.4, 0.5) is 0 Å².